The highest BCUT2D eigenvalue weighted by atomic mass is 16.5. The molecular formula is C18H18N4O3. The molecule has 0 bridgehead atoms. The summed E-state index contributed by atoms with van der Waals surface area (Å²) in [6, 6.07) is 11.9. The Bertz CT molecular complexity index is 866. The maximum atomic E-state index is 12.3. The molecule has 0 fully saturated rings. The van der Waals surface area contributed by atoms with Gasteiger partial charge in [-0.3, -0.25) is 9.59 Å². The van der Waals surface area contributed by atoms with Gasteiger partial charge in [-0.25, -0.2) is 0 Å². The molecule has 25 heavy (non-hydrogen) atoms. The molecule has 7 heteroatoms. The van der Waals surface area contributed by atoms with Crippen LogP contribution in [-0.2, 0) is 4.79 Å². The van der Waals surface area contributed by atoms with Crippen LogP contribution in [-0.4, -0.2) is 27.6 Å². The van der Waals surface area contributed by atoms with Crippen LogP contribution in [0.4, 0.5) is 5.82 Å². The minimum Gasteiger partial charge on any atom is -0.360 e. The molecular weight excluding hydrogens is 320 g/mol. The Morgan fingerprint density at radius 1 is 1.16 bits per heavy atom. The zero-order chi connectivity index (χ0) is 17.8. The first-order valence-electron chi connectivity index (χ1n) is 7.81. The van der Waals surface area contributed by atoms with Crippen molar-refractivity contribution in [3.63, 3.8) is 0 Å². The molecule has 0 saturated heterocycles. The summed E-state index contributed by atoms with van der Waals surface area (Å²) < 4.78 is 6.83. The van der Waals surface area contributed by atoms with Gasteiger partial charge < -0.3 is 19.7 Å². The van der Waals surface area contributed by atoms with Crippen LogP contribution in [0.2, 0.25) is 0 Å². The van der Waals surface area contributed by atoms with Crippen LogP contribution in [0.15, 0.2) is 59.4 Å². The Labute approximate surface area is 144 Å². The van der Waals surface area contributed by atoms with Gasteiger partial charge >= 0.3 is 0 Å². The van der Waals surface area contributed by atoms with Crippen molar-refractivity contribution in [2.24, 2.45) is 0 Å². The first-order valence-corrected chi connectivity index (χ1v) is 7.81. The number of benzene rings is 1. The normalized spacial score (nSPS) is 11.8. The molecule has 3 aromatic rings. The highest BCUT2D eigenvalue weighted by Crippen LogP contribution is 2.11. The van der Waals surface area contributed by atoms with Gasteiger partial charge in [0.05, 0.1) is 0 Å². The molecule has 0 aliphatic rings. The van der Waals surface area contributed by atoms with E-state index in [1.165, 1.54) is 0 Å². The molecule has 7 nitrogen and oxygen atoms in total. The van der Waals surface area contributed by atoms with Gasteiger partial charge in [-0.1, -0.05) is 5.16 Å². The molecule has 3 rings (SSSR count). The summed E-state index contributed by atoms with van der Waals surface area (Å²) in [4.78, 5) is 24.4. The second kappa shape index (κ2) is 7.04. The van der Waals surface area contributed by atoms with Gasteiger partial charge in [0.25, 0.3) is 5.91 Å². The largest absolute Gasteiger partial charge is 0.360 e. The molecule has 0 saturated carbocycles. The number of anilines is 1. The van der Waals surface area contributed by atoms with Crippen molar-refractivity contribution < 1.29 is 14.1 Å². The number of carbonyl (C=O) groups is 2. The van der Waals surface area contributed by atoms with E-state index in [1.54, 1.807) is 32.0 Å². The van der Waals surface area contributed by atoms with E-state index >= 15 is 0 Å². The third-order valence-electron chi connectivity index (χ3n) is 3.65. The molecule has 0 aliphatic carbocycles. The number of nitrogens with zero attached hydrogens (tertiary/aromatic N) is 2. The lowest BCUT2D eigenvalue weighted by Gasteiger charge is -2.13. The highest BCUT2D eigenvalue weighted by molar-refractivity contribution is 6.00. The van der Waals surface area contributed by atoms with Gasteiger partial charge in [0.1, 0.15) is 11.8 Å². The Hall–Kier alpha value is -3.35. The average Bonchev–Trinajstić information content (AvgIpc) is 3.27. The number of hydrogen-bond donors (Lipinski definition) is 2. The first kappa shape index (κ1) is 16.5. The van der Waals surface area contributed by atoms with Gasteiger partial charge in [-0.05, 0) is 50.2 Å². The van der Waals surface area contributed by atoms with E-state index in [4.69, 9.17) is 4.52 Å². The number of carbonyl (C=O) groups excluding carboxylic acids is 2. The van der Waals surface area contributed by atoms with E-state index in [1.807, 2.05) is 41.2 Å². The second-order valence-electron chi connectivity index (χ2n) is 5.64. The van der Waals surface area contributed by atoms with E-state index < -0.39 is 6.04 Å². The van der Waals surface area contributed by atoms with E-state index in [-0.39, 0.29) is 11.8 Å². The highest BCUT2D eigenvalue weighted by Gasteiger charge is 2.18. The third kappa shape index (κ3) is 3.95. The van der Waals surface area contributed by atoms with Crippen LogP contribution < -0.4 is 10.6 Å². The van der Waals surface area contributed by atoms with E-state index in [2.05, 4.69) is 15.8 Å². The monoisotopic (exact) mass is 338 g/mol. The zero-order valence-corrected chi connectivity index (χ0v) is 13.9. The maximum Gasteiger partial charge on any atom is 0.251 e. The number of aromatic nitrogens is 2. The third-order valence-corrected chi connectivity index (χ3v) is 3.65. The van der Waals surface area contributed by atoms with E-state index in [0.717, 1.165) is 5.69 Å². The molecule has 2 N–H and O–H groups in total. The molecule has 0 aliphatic heterocycles. The number of rotatable bonds is 5. The van der Waals surface area contributed by atoms with Crippen LogP contribution >= 0.6 is 0 Å². The summed E-state index contributed by atoms with van der Waals surface area (Å²) in [5, 5.41) is 8.93. The van der Waals surface area contributed by atoms with E-state index in [0.29, 0.717) is 17.1 Å². The van der Waals surface area contributed by atoms with Gasteiger partial charge in [0.15, 0.2) is 5.82 Å². The van der Waals surface area contributed by atoms with Crippen molar-refractivity contribution in [1.82, 2.24) is 15.0 Å². The minimum absolute atomic E-state index is 0.319. The number of amides is 2. The van der Waals surface area contributed by atoms with Crippen molar-refractivity contribution in [3.05, 3.63) is 66.2 Å². The van der Waals surface area contributed by atoms with E-state index in [9.17, 15) is 9.59 Å². The van der Waals surface area contributed by atoms with Crippen LogP contribution in [0, 0.1) is 6.92 Å². The van der Waals surface area contributed by atoms with Crippen LogP contribution in [0.25, 0.3) is 5.69 Å². The maximum absolute atomic E-state index is 12.3. The minimum atomic E-state index is -0.714. The molecule has 2 heterocycles. The molecule has 128 valence electrons. The topological polar surface area (TPSA) is 89.2 Å². The molecule has 0 spiro atoms. The lowest BCUT2D eigenvalue weighted by molar-refractivity contribution is -0.117. The predicted molar refractivity (Wildman–Crippen MR) is 92.6 cm³/mol. The Morgan fingerprint density at radius 3 is 2.44 bits per heavy atom. The summed E-state index contributed by atoms with van der Waals surface area (Å²) in [5.74, 6) is 0.220. The van der Waals surface area contributed by atoms with Gasteiger partial charge in [-0.15, -0.1) is 0 Å². The zero-order valence-electron chi connectivity index (χ0n) is 13.9. The summed E-state index contributed by atoms with van der Waals surface area (Å²) in [6.07, 6.45) is 3.85. The Balaban J connectivity index is 1.60. The smallest absolute Gasteiger partial charge is 0.251 e. The summed E-state index contributed by atoms with van der Waals surface area (Å²) in [7, 11) is 0. The summed E-state index contributed by atoms with van der Waals surface area (Å²) in [6.45, 7) is 3.33. The quantitative estimate of drug-likeness (QED) is 0.748. The van der Waals surface area contributed by atoms with Gasteiger partial charge in [0, 0.05) is 29.7 Å². The average molecular weight is 338 g/mol. The van der Waals surface area contributed by atoms with Crippen LogP contribution in [0.5, 0.6) is 0 Å². The molecule has 2 aromatic heterocycles. The SMILES string of the molecule is Cc1cc(NC(=O)[C@H](C)NC(=O)c2ccc(-n3cccc3)cc2)no1. The fourth-order valence-electron chi connectivity index (χ4n) is 2.30. The van der Waals surface area contributed by atoms with Gasteiger partial charge in [0.2, 0.25) is 5.91 Å². The molecule has 0 radical (unpaired) electrons. The number of nitrogens with one attached hydrogen (secondary N) is 2. The molecule has 2 amide bonds. The lowest BCUT2D eigenvalue weighted by atomic mass is 10.1. The van der Waals surface area contributed by atoms with Crippen molar-refractivity contribution >= 4 is 17.6 Å². The fraction of sp³-hybridized carbons (Fsp3) is 0.167. The second-order valence-corrected chi connectivity index (χ2v) is 5.64. The number of aryl methyl sites for hydroxylation is 1. The first-order chi connectivity index (χ1) is 12.0. The molecule has 1 aromatic carbocycles. The summed E-state index contributed by atoms with van der Waals surface area (Å²) >= 11 is 0. The molecule has 1 atom stereocenters. The van der Waals surface area contributed by atoms with Crippen molar-refractivity contribution in [2.45, 2.75) is 19.9 Å². The van der Waals surface area contributed by atoms with Crippen LogP contribution in [0.3, 0.4) is 0 Å². The Kier molecular flexibility index (Phi) is 4.65. The standard InChI is InChI=1S/C18H18N4O3/c1-12-11-16(21-25-12)20-17(23)13(2)19-18(24)14-5-7-15(8-6-14)22-9-3-4-10-22/h3-11,13H,1-2H3,(H,19,24)(H,20,21,23)/t13-/m0/s1. The number of hydrogen-bond acceptors (Lipinski definition) is 4. The summed E-state index contributed by atoms with van der Waals surface area (Å²) in [5.41, 5.74) is 1.43. The van der Waals surface area contributed by atoms with Gasteiger partial charge in [-0.2, -0.15) is 0 Å². The molecule has 0 unspecified atom stereocenters. The van der Waals surface area contributed by atoms with Crippen molar-refractivity contribution in [2.75, 3.05) is 5.32 Å². The van der Waals surface area contributed by atoms with Crippen molar-refractivity contribution in [1.29, 1.82) is 0 Å². The predicted octanol–water partition coefficient (Wildman–Crippen LogP) is 2.53. The van der Waals surface area contributed by atoms with Crippen LogP contribution in [0.1, 0.15) is 23.0 Å². The Morgan fingerprint density at radius 2 is 1.84 bits per heavy atom. The lowest BCUT2D eigenvalue weighted by Crippen LogP contribution is -2.41. The fourth-order valence-corrected chi connectivity index (χ4v) is 2.30. The van der Waals surface area contributed by atoms with Crippen molar-refractivity contribution in [3.8, 4) is 5.69 Å².